The van der Waals surface area contributed by atoms with Crippen LogP contribution in [-0.4, -0.2) is 6.04 Å². The third-order valence-electron chi connectivity index (χ3n) is 3.42. The van der Waals surface area contributed by atoms with Crippen molar-refractivity contribution in [1.29, 1.82) is 0 Å². The molecule has 20 heavy (non-hydrogen) atoms. The van der Waals surface area contributed by atoms with E-state index < -0.39 is 0 Å². The number of nitrogens with two attached hydrogens (primary N) is 1. The van der Waals surface area contributed by atoms with Crippen LogP contribution >= 0.6 is 11.8 Å². The zero-order valence-corrected chi connectivity index (χ0v) is 13.2. The highest BCUT2D eigenvalue weighted by Gasteiger charge is 2.17. The van der Waals surface area contributed by atoms with Crippen LogP contribution in [0.15, 0.2) is 59.5 Å². The molecule has 0 aliphatic rings. The van der Waals surface area contributed by atoms with Gasteiger partial charge >= 0.3 is 0 Å². The first-order chi connectivity index (χ1) is 9.58. The van der Waals surface area contributed by atoms with Gasteiger partial charge < -0.3 is 5.73 Å². The molecule has 0 saturated carbocycles. The Bertz CT molecular complexity index is 517. The Morgan fingerprint density at radius 3 is 1.90 bits per heavy atom. The van der Waals surface area contributed by atoms with E-state index in [0.717, 1.165) is 0 Å². The van der Waals surface area contributed by atoms with Crippen molar-refractivity contribution in [1.82, 2.24) is 0 Å². The van der Waals surface area contributed by atoms with E-state index in [1.165, 1.54) is 16.0 Å². The van der Waals surface area contributed by atoms with Gasteiger partial charge in [-0.25, -0.2) is 0 Å². The van der Waals surface area contributed by atoms with Gasteiger partial charge in [0, 0.05) is 16.2 Å². The molecule has 0 aromatic heterocycles. The molecule has 2 rings (SSSR count). The lowest BCUT2D eigenvalue weighted by Gasteiger charge is -2.21. The summed E-state index contributed by atoms with van der Waals surface area (Å²) in [6, 6.07) is 19.5. The third kappa shape index (κ3) is 3.87. The van der Waals surface area contributed by atoms with Gasteiger partial charge in [0.25, 0.3) is 0 Å². The summed E-state index contributed by atoms with van der Waals surface area (Å²) in [6.07, 6.45) is 0. The van der Waals surface area contributed by atoms with Gasteiger partial charge in [-0.3, -0.25) is 0 Å². The van der Waals surface area contributed by atoms with Gasteiger partial charge in [-0.05, 0) is 36.1 Å². The summed E-state index contributed by atoms with van der Waals surface area (Å²) >= 11 is 1.85. The first-order valence-electron chi connectivity index (χ1n) is 7.15. The largest absolute Gasteiger partial charge is 0.327 e. The van der Waals surface area contributed by atoms with Crippen LogP contribution in [-0.2, 0) is 0 Å². The van der Waals surface area contributed by atoms with Crippen molar-refractivity contribution >= 4 is 11.8 Å². The Labute approximate surface area is 126 Å². The fourth-order valence-electron chi connectivity index (χ4n) is 2.20. The fraction of sp³-hybridized carbons (Fsp3) is 0.333. The summed E-state index contributed by atoms with van der Waals surface area (Å²) in [5.74, 6) is 0.576. The molecule has 106 valence electrons. The number of benzene rings is 2. The second kappa shape index (κ2) is 6.96. The highest BCUT2D eigenvalue weighted by Crippen LogP contribution is 2.37. The lowest BCUT2D eigenvalue weighted by Crippen LogP contribution is -2.22. The molecule has 1 nitrogen and oxygen atoms in total. The van der Waals surface area contributed by atoms with Crippen molar-refractivity contribution in [3.63, 3.8) is 0 Å². The standard InChI is InChI=1S/C18H23NS/c1-13(2)15-9-11-17(12-10-15)20-18(14(3)19)16-7-5-4-6-8-16/h4-14,18H,19H2,1-3H3. The SMILES string of the molecule is CC(C)c1ccc(SC(c2ccccc2)C(C)N)cc1. The molecule has 0 spiro atoms. The molecule has 2 unspecified atom stereocenters. The Balaban J connectivity index is 2.17. The van der Waals surface area contributed by atoms with Gasteiger partial charge in [-0.15, -0.1) is 11.8 Å². The summed E-state index contributed by atoms with van der Waals surface area (Å²) in [7, 11) is 0. The van der Waals surface area contributed by atoms with Crippen molar-refractivity contribution in [2.45, 2.75) is 42.9 Å². The van der Waals surface area contributed by atoms with Crippen LogP contribution < -0.4 is 5.73 Å². The van der Waals surface area contributed by atoms with Crippen molar-refractivity contribution < 1.29 is 0 Å². The highest BCUT2D eigenvalue weighted by molar-refractivity contribution is 7.99. The Hall–Kier alpha value is -1.25. The monoisotopic (exact) mass is 285 g/mol. The van der Waals surface area contributed by atoms with Crippen LogP contribution in [0, 0.1) is 0 Å². The van der Waals surface area contributed by atoms with E-state index in [0.29, 0.717) is 11.2 Å². The van der Waals surface area contributed by atoms with Crippen molar-refractivity contribution in [2.24, 2.45) is 5.73 Å². The minimum Gasteiger partial charge on any atom is -0.327 e. The molecule has 2 aromatic rings. The van der Waals surface area contributed by atoms with Crippen LogP contribution in [0.25, 0.3) is 0 Å². The molecule has 0 bridgehead atoms. The van der Waals surface area contributed by atoms with E-state index >= 15 is 0 Å². The van der Waals surface area contributed by atoms with E-state index in [1.807, 2.05) is 17.8 Å². The average Bonchev–Trinajstić information content (AvgIpc) is 2.46. The minimum absolute atomic E-state index is 0.118. The molecule has 2 atom stereocenters. The van der Waals surface area contributed by atoms with Crippen molar-refractivity contribution in [3.05, 3.63) is 65.7 Å². The van der Waals surface area contributed by atoms with Gasteiger partial charge in [0.15, 0.2) is 0 Å². The predicted octanol–water partition coefficient (Wildman–Crippen LogP) is 4.99. The molecule has 0 radical (unpaired) electrons. The fourth-order valence-corrected chi connectivity index (χ4v) is 3.29. The molecule has 0 saturated heterocycles. The zero-order valence-electron chi connectivity index (χ0n) is 12.4. The molecule has 2 N–H and O–H groups in total. The Morgan fingerprint density at radius 2 is 1.40 bits per heavy atom. The molecule has 0 heterocycles. The number of hydrogen-bond acceptors (Lipinski definition) is 2. The quantitative estimate of drug-likeness (QED) is 0.783. The maximum Gasteiger partial charge on any atom is 0.0492 e. The van der Waals surface area contributed by atoms with Gasteiger partial charge in [-0.2, -0.15) is 0 Å². The van der Waals surface area contributed by atoms with Gasteiger partial charge in [-0.1, -0.05) is 56.3 Å². The van der Waals surface area contributed by atoms with Crippen LogP contribution in [0.2, 0.25) is 0 Å². The number of thioether (sulfide) groups is 1. The van der Waals surface area contributed by atoms with Crippen LogP contribution in [0.5, 0.6) is 0 Å². The summed E-state index contributed by atoms with van der Waals surface area (Å²) in [5, 5.41) is 0.293. The third-order valence-corrected chi connectivity index (χ3v) is 4.92. The predicted molar refractivity (Wildman–Crippen MR) is 89.2 cm³/mol. The zero-order chi connectivity index (χ0) is 14.5. The van der Waals surface area contributed by atoms with E-state index in [9.17, 15) is 0 Å². The van der Waals surface area contributed by atoms with Gasteiger partial charge in [0.05, 0.1) is 0 Å². The first-order valence-corrected chi connectivity index (χ1v) is 8.03. The summed E-state index contributed by atoms with van der Waals surface area (Å²) in [6.45, 7) is 6.51. The van der Waals surface area contributed by atoms with E-state index in [-0.39, 0.29) is 6.04 Å². The van der Waals surface area contributed by atoms with E-state index in [4.69, 9.17) is 5.73 Å². The van der Waals surface area contributed by atoms with Crippen LogP contribution in [0.3, 0.4) is 0 Å². The smallest absolute Gasteiger partial charge is 0.0492 e. The average molecular weight is 285 g/mol. The van der Waals surface area contributed by atoms with E-state index in [1.54, 1.807) is 0 Å². The Morgan fingerprint density at radius 1 is 0.800 bits per heavy atom. The van der Waals surface area contributed by atoms with Gasteiger partial charge in [0.2, 0.25) is 0 Å². The number of rotatable bonds is 5. The maximum atomic E-state index is 6.17. The summed E-state index contributed by atoms with van der Waals surface area (Å²) in [4.78, 5) is 1.28. The number of hydrogen-bond donors (Lipinski definition) is 1. The molecule has 0 aliphatic heterocycles. The van der Waals surface area contributed by atoms with Crippen LogP contribution in [0.1, 0.15) is 43.1 Å². The molecule has 0 aliphatic carbocycles. The molecular weight excluding hydrogens is 262 g/mol. The second-order valence-corrected chi connectivity index (χ2v) is 6.75. The minimum atomic E-state index is 0.118. The molecule has 0 amide bonds. The van der Waals surface area contributed by atoms with Crippen molar-refractivity contribution in [3.8, 4) is 0 Å². The Kier molecular flexibility index (Phi) is 5.27. The first kappa shape index (κ1) is 15.1. The normalized spacial score (nSPS) is 14.2. The lowest BCUT2D eigenvalue weighted by atomic mass is 10.0. The molecule has 2 heteroatoms. The second-order valence-electron chi connectivity index (χ2n) is 5.53. The summed E-state index contributed by atoms with van der Waals surface area (Å²) in [5.41, 5.74) is 8.85. The van der Waals surface area contributed by atoms with Crippen molar-refractivity contribution in [2.75, 3.05) is 0 Å². The highest BCUT2D eigenvalue weighted by atomic mass is 32.2. The van der Waals surface area contributed by atoms with Crippen LogP contribution in [0.4, 0.5) is 0 Å². The van der Waals surface area contributed by atoms with Gasteiger partial charge in [0.1, 0.15) is 0 Å². The summed E-state index contributed by atoms with van der Waals surface area (Å²) < 4.78 is 0. The molecule has 0 fully saturated rings. The molecular formula is C18H23NS. The lowest BCUT2D eigenvalue weighted by molar-refractivity contribution is 0.721. The van der Waals surface area contributed by atoms with E-state index in [2.05, 4.69) is 69.3 Å². The topological polar surface area (TPSA) is 26.0 Å². The molecule has 2 aromatic carbocycles. The maximum absolute atomic E-state index is 6.17.